The lowest BCUT2D eigenvalue weighted by Crippen LogP contribution is -2.32. The fourth-order valence-corrected chi connectivity index (χ4v) is 5.79. The Labute approximate surface area is 197 Å². The van der Waals surface area contributed by atoms with Gasteiger partial charge in [0.1, 0.15) is 0 Å². The van der Waals surface area contributed by atoms with Crippen molar-refractivity contribution >= 4 is 49.8 Å². The minimum Gasteiger partial charge on any atom is -0.301 e. The van der Waals surface area contributed by atoms with E-state index in [1.165, 1.54) is 27.5 Å². The Kier molecular flexibility index (Phi) is 8.27. The highest BCUT2D eigenvalue weighted by atomic mass is 32.2. The molecule has 2 aromatic carbocycles. The molecule has 1 heterocycles. The van der Waals surface area contributed by atoms with E-state index in [0.29, 0.717) is 17.2 Å². The van der Waals surface area contributed by atoms with Crippen LogP contribution in [0.4, 0.5) is 10.8 Å². The van der Waals surface area contributed by atoms with Gasteiger partial charge in [0, 0.05) is 18.7 Å². The summed E-state index contributed by atoms with van der Waals surface area (Å²) < 4.78 is 26.8. The second kappa shape index (κ2) is 10.9. The summed E-state index contributed by atoms with van der Waals surface area (Å²) in [6.45, 7) is 4.03. The molecule has 32 heavy (non-hydrogen) atoms. The van der Waals surface area contributed by atoms with Crippen LogP contribution in [0.3, 0.4) is 0 Å². The summed E-state index contributed by atoms with van der Waals surface area (Å²) in [5.74, 6) is 0.568. The standard InChI is InChI=1S/C22H26N4O3S3/c1-16-11-12-17(2)19(14-16)26(32(3,28)29)13-7-10-20(27)23-21-24-25-22(31-21)30-15-18-8-5-4-6-9-18/h4-6,8-9,11-12,14H,7,10,13,15H2,1-3H3,(H,23,24,27). The first-order chi connectivity index (χ1) is 15.2. The summed E-state index contributed by atoms with van der Waals surface area (Å²) in [6.07, 6.45) is 1.76. The second-order valence-corrected chi connectivity index (χ2v) is 11.5. The number of nitrogens with zero attached hydrogens (tertiary/aromatic N) is 3. The lowest BCUT2D eigenvalue weighted by atomic mass is 10.1. The van der Waals surface area contributed by atoms with Crippen molar-refractivity contribution in [2.24, 2.45) is 0 Å². The zero-order chi connectivity index (χ0) is 23.1. The normalized spacial score (nSPS) is 11.3. The number of anilines is 2. The van der Waals surface area contributed by atoms with E-state index in [4.69, 9.17) is 0 Å². The number of rotatable bonds is 10. The molecule has 0 saturated carbocycles. The van der Waals surface area contributed by atoms with Crippen LogP contribution in [0.2, 0.25) is 0 Å². The van der Waals surface area contributed by atoms with Crippen LogP contribution in [0.5, 0.6) is 0 Å². The molecule has 0 aliphatic carbocycles. The fourth-order valence-electron chi connectivity index (χ4n) is 3.06. The van der Waals surface area contributed by atoms with Crippen molar-refractivity contribution < 1.29 is 13.2 Å². The van der Waals surface area contributed by atoms with Gasteiger partial charge in [-0.1, -0.05) is 65.6 Å². The predicted molar refractivity (Wildman–Crippen MR) is 132 cm³/mol. The molecule has 1 amide bonds. The van der Waals surface area contributed by atoms with Crippen LogP contribution in [0.25, 0.3) is 0 Å². The average molecular weight is 491 g/mol. The molecule has 0 spiro atoms. The third-order valence-electron chi connectivity index (χ3n) is 4.66. The van der Waals surface area contributed by atoms with Crippen molar-refractivity contribution in [2.75, 3.05) is 22.4 Å². The first kappa shape index (κ1) is 24.2. The largest absolute Gasteiger partial charge is 0.301 e. The van der Waals surface area contributed by atoms with Crippen molar-refractivity contribution in [3.05, 3.63) is 65.2 Å². The minimum atomic E-state index is -3.46. The SMILES string of the molecule is Cc1ccc(C)c(N(CCCC(=O)Nc2nnc(SCc3ccccc3)s2)S(C)(=O)=O)c1. The van der Waals surface area contributed by atoms with E-state index >= 15 is 0 Å². The van der Waals surface area contributed by atoms with E-state index in [2.05, 4.69) is 27.6 Å². The first-order valence-corrected chi connectivity index (χ1v) is 13.7. The van der Waals surface area contributed by atoms with Gasteiger partial charge in [0.2, 0.25) is 21.1 Å². The smallest absolute Gasteiger partial charge is 0.232 e. The highest BCUT2D eigenvalue weighted by Crippen LogP contribution is 2.28. The van der Waals surface area contributed by atoms with E-state index in [1.54, 1.807) is 11.8 Å². The van der Waals surface area contributed by atoms with Crippen molar-refractivity contribution in [2.45, 2.75) is 36.8 Å². The number of hydrogen-bond acceptors (Lipinski definition) is 7. The molecule has 0 saturated heterocycles. The van der Waals surface area contributed by atoms with E-state index in [-0.39, 0.29) is 18.9 Å². The lowest BCUT2D eigenvalue weighted by molar-refractivity contribution is -0.116. The van der Waals surface area contributed by atoms with Crippen LogP contribution in [-0.2, 0) is 20.6 Å². The number of sulfonamides is 1. The zero-order valence-electron chi connectivity index (χ0n) is 18.2. The number of aryl methyl sites for hydroxylation is 2. The topological polar surface area (TPSA) is 92.3 Å². The molecule has 0 aliphatic rings. The Bertz CT molecular complexity index is 1160. The molecule has 1 aromatic heterocycles. The maximum Gasteiger partial charge on any atom is 0.232 e. The molecule has 3 rings (SSSR count). The fraction of sp³-hybridized carbons (Fsp3) is 0.318. The van der Waals surface area contributed by atoms with Gasteiger partial charge in [-0.3, -0.25) is 9.10 Å². The number of thioether (sulfide) groups is 1. The monoisotopic (exact) mass is 490 g/mol. The van der Waals surface area contributed by atoms with Crippen LogP contribution in [-0.4, -0.2) is 37.3 Å². The van der Waals surface area contributed by atoms with Gasteiger partial charge in [0.05, 0.1) is 11.9 Å². The maximum absolute atomic E-state index is 12.3. The van der Waals surface area contributed by atoms with Crippen molar-refractivity contribution in [1.29, 1.82) is 0 Å². The van der Waals surface area contributed by atoms with Crippen LogP contribution >= 0.6 is 23.1 Å². The Morgan fingerprint density at radius 1 is 1.12 bits per heavy atom. The molecule has 170 valence electrons. The summed E-state index contributed by atoms with van der Waals surface area (Å²) in [6, 6.07) is 15.8. The zero-order valence-corrected chi connectivity index (χ0v) is 20.7. The molecule has 1 N–H and O–H groups in total. The van der Waals surface area contributed by atoms with Crippen molar-refractivity contribution in [3.8, 4) is 0 Å². The number of aromatic nitrogens is 2. The van der Waals surface area contributed by atoms with Crippen LogP contribution < -0.4 is 9.62 Å². The number of carbonyl (C=O) groups excluding carboxylic acids is 1. The highest BCUT2D eigenvalue weighted by molar-refractivity contribution is 8.00. The van der Waals surface area contributed by atoms with E-state index in [9.17, 15) is 13.2 Å². The maximum atomic E-state index is 12.3. The summed E-state index contributed by atoms with van der Waals surface area (Å²) in [5, 5.41) is 11.3. The predicted octanol–water partition coefficient (Wildman–Crippen LogP) is 4.63. The van der Waals surface area contributed by atoms with Gasteiger partial charge in [-0.15, -0.1) is 10.2 Å². The molecule has 0 aliphatic heterocycles. The number of carbonyl (C=O) groups is 1. The number of amides is 1. The molecule has 0 fully saturated rings. The van der Waals surface area contributed by atoms with Crippen molar-refractivity contribution in [1.82, 2.24) is 10.2 Å². The van der Waals surface area contributed by atoms with Crippen LogP contribution in [0, 0.1) is 13.8 Å². The van der Waals surface area contributed by atoms with E-state index in [1.807, 2.05) is 50.2 Å². The first-order valence-electron chi connectivity index (χ1n) is 10.1. The number of benzene rings is 2. The van der Waals surface area contributed by atoms with Crippen molar-refractivity contribution in [3.63, 3.8) is 0 Å². The Morgan fingerprint density at radius 3 is 2.59 bits per heavy atom. The minimum absolute atomic E-state index is 0.183. The molecule has 0 unspecified atom stereocenters. The van der Waals surface area contributed by atoms with Gasteiger partial charge in [0.15, 0.2) is 4.34 Å². The van der Waals surface area contributed by atoms with Gasteiger partial charge in [0.25, 0.3) is 0 Å². The number of nitrogens with one attached hydrogen (secondary N) is 1. The molecule has 0 atom stereocenters. The van der Waals surface area contributed by atoms with Crippen LogP contribution in [0.1, 0.15) is 29.5 Å². The number of hydrogen-bond donors (Lipinski definition) is 1. The molecule has 0 radical (unpaired) electrons. The van der Waals surface area contributed by atoms with E-state index < -0.39 is 10.0 Å². The summed E-state index contributed by atoms with van der Waals surface area (Å²) >= 11 is 2.89. The van der Waals surface area contributed by atoms with Crippen LogP contribution in [0.15, 0.2) is 52.9 Å². The Morgan fingerprint density at radius 2 is 1.88 bits per heavy atom. The Balaban J connectivity index is 1.52. The third-order valence-corrected chi connectivity index (χ3v) is 7.88. The average Bonchev–Trinajstić information content (AvgIpc) is 3.19. The van der Waals surface area contributed by atoms with Gasteiger partial charge in [-0.25, -0.2) is 8.42 Å². The lowest BCUT2D eigenvalue weighted by Gasteiger charge is -2.24. The Hall–Kier alpha value is -2.43. The van der Waals surface area contributed by atoms with Gasteiger partial charge >= 0.3 is 0 Å². The molecule has 0 bridgehead atoms. The van der Waals surface area contributed by atoms with Gasteiger partial charge in [-0.05, 0) is 43.0 Å². The molecule has 7 nitrogen and oxygen atoms in total. The molecule has 3 aromatic rings. The summed E-state index contributed by atoms with van der Waals surface area (Å²) in [7, 11) is -3.46. The molecular formula is C22H26N4O3S3. The van der Waals surface area contributed by atoms with Gasteiger partial charge < -0.3 is 5.32 Å². The third kappa shape index (κ3) is 7.04. The summed E-state index contributed by atoms with van der Waals surface area (Å²) in [4.78, 5) is 12.3. The summed E-state index contributed by atoms with van der Waals surface area (Å²) in [5.41, 5.74) is 3.70. The van der Waals surface area contributed by atoms with Gasteiger partial charge in [-0.2, -0.15) is 0 Å². The molecule has 10 heteroatoms. The molecular weight excluding hydrogens is 464 g/mol. The second-order valence-electron chi connectivity index (χ2n) is 7.42. The quantitative estimate of drug-likeness (QED) is 0.329. The van der Waals surface area contributed by atoms with E-state index in [0.717, 1.165) is 21.2 Å². The highest BCUT2D eigenvalue weighted by Gasteiger charge is 2.20.